The Morgan fingerprint density at radius 3 is 2.62 bits per heavy atom. The maximum absolute atomic E-state index is 12.4. The summed E-state index contributed by atoms with van der Waals surface area (Å²) in [6.45, 7) is 5.44. The van der Waals surface area contributed by atoms with E-state index in [4.69, 9.17) is 4.74 Å². The number of carbonyl (C=O) groups is 1. The van der Waals surface area contributed by atoms with Gasteiger partial charge in [-0.2, -0.15) is 0 Å². The molecule has 0 saturated heterocycles. The summed E-state index contributed by atoms with van der Waals surface area (Å²) >= 11 is 0. The predicted octanol–water partition coefficient (Wildman–Crippen LogP) is 3.51. The number of hydrogen-bond donors (Lipinski definition) is 3. The minimum atomic E-state index is 0. The van der Waals surface area contributed by atoms with Gasteiger partial charge < -0.3 is 20.7 Å². The fraction of sp³-hybridized carbons (Fsp3) is 0.636. The molecule has 162 valence electrons. The lowest BCUT2D eigenvalue weighted by Gasteiger charge is -2.30. The van der Waals surface area contributed by atoms with E-state index >= 15 is 0 Å². The van der Waals surface area contributed by atoms with Crippen LogP contribution in [0, 0.1) is 12.8 Å². The van der Waals surface area contributed by atoms with Crippen molar-refractivity contribution in [2.75, 3.05) is 13.7 Å². The lowest BCUT2D eigenvalue weighted by Crippen LogP contribution is -2.47. The number of carbonyl (C=O) groups excluding carboxylic acids is 1. The molecule has 2 fully saturated rings. The lowest BCUT2D eigenvalue weighted by molar-refractivity contribution is -0.126. The van der Waals surface area contributed by atoms with Gasteiger partial charge in [-0.05, 0) is 63.1 Å². The predicted molar refractivity (Wildman–Crippen MR) is 128 cm³/mol. The smallest absolute Gasteiger partial charge is 0.223 e. The van der Waals surface area contributed by atoms with Crippen LogP contribution in [-0.4, -0.2) is 37.6 Å². The van der Waals surface area contributed by atoms with Crippen molar-refractivity contribution in [3.05, 3.63) is 29.3 Å². The Labute approximate surface area is 191 Å². The summed E-state index contributed by atoms with van der Waals surface area (Å²) in [6.07, 6.45) is 6.31. The molecule has 7 heteroatoms. The molecule has 0 spiro atoms. The van der Waals surface area contributed by atoms with Crippen LogP contribution in [0.25, 0.3) is 0 Å². The molecular formula is C22H35IN4O2. The summed E-state index contributed by atoms with van der Waals surface area (Å²) in [5.41, 5.74) is 2.33. The van der Waals surface area contributed by atoms with Crippen molar-refractivity contribution in [3.63, 3.8) is 0 Å². The van der Waals surface area contributed by atoms with E-state index in [1.807, 2.05) is 13.0 Å². The molecular weight excluding hydrogens is 479 g/mol. The van der Waals surface area contributed by atoms with Gasteiger partial charge in [-0.15, -0.1) is 24.0 Å². The third-order valence-electron chi connectivity index (χ3n) is 5.53. The number of halogens is 1. The van der Waals surface area contributed by atoms with Gasteiger partial charge in [0.25, 0.3) is 0 Å². The zero-order valence-electron chi connectivity index (χ0n) is 17.8. The number of aliphatic imine (C=N–C) groups is 1. The number of aryl methyl sites for hydroxylation is 1. The summed E-state index contributed by atoms with van der Waals surface area (Å²) in [5.74, 6) is 2.09. The molecule has 0 aromatic heterocycles. The molecule has 0 aliphatic heterocycles. The highest BCUT2D eigenvalue weighted by Gasteiger charge is 2.31. The van der Waals surface area contributed by atoms with Crippen LogP contribution in [0.1, 0.15) is 56.6 Å². The first-order chi connectivity index (χ1) is 13.6. The number of hydrogen-bond acceptors (Lipinski definition) is 3. The van der Waals surface area contributed by atoms with Crippen LogP contribution in [0.2, 0.25) is 0 Å². The Balaban J connectivity index is 0.00000300. The first kappa shape index (κ1) is 23.8. The van der Waals surface area contributed by atoms with E-state index in [1.165, 1.54) is 5.56 Å². The molecule has 29 heavy (non-hydrogen) atoms. The molecule has 0 heterocycles. The zero-order valence-corrected chi connectivity index (χ0v) is 20.1. The SMILES string of the molecule is CCOc1ccc(CNC(=NC)NC2CCCC(C(=O)NC3CC3)C2)cc1C.I. The second kappa shape index (κ2) is 11.6. The number of benzene rings is 1. The first-order valence-electron chi connectivity index (χ1n) is 10.6. The summed E-state index contributed by atoms with van der Waals surface area (Å²) < 4.78 is 5.61. The third-order valence-corrected chi connectivity index (χ3v) is 5.53. The molecule has 1 aromatic rings. The average molecular weight is 514 g/mol. The fourth-order valence-electron chi connectivity index (χ4n) is 3.82. The largest absolute Gasteiger partial charge is 0.494 e. The maximum Gasteiger partial charge on any atom is 0.223 e. The molecule has 1 aromatic carbocycles. The highest BCUT2D eigenvalue weighted by Crippen LogP contribution is 2.26. The topological polar surface area (TPSA) is 74.8 Å². The van der Waals surface area contributed by atoms with Crippen molar-refractivity contribution < 1.29 is 9.53 Å². The van der Waals surface area contributed by atoms with Gasteiger partial charge in [0, 0.05) is 31.6 Å². The molecule has 0 bridgehead atoms. The van der Waals surface area contributed by atoms with Crippen LogP contribution in [-0.2, 0) is 11.3 Å². The first-order valence-corrected chi connectivity index (χ1v) is 10.6. The van der Waals surface area contributed by atoms with Crippen molar-refractivity contribution in [1.29, 1.82) is 0 Å². The average Bonchev–Trinajstić information content (AvgIpc) is 3.51. The van der Waals surface area contributed by atoms with Gasteiger partial charge in [-0.1, -0.05) is 18.6 Å². The Hall–Kier alpha value is -1.51. The van der Waals surface area contributed by atoms with E-state index in [1.54, 1.807) is 7.05 Å². The van der Waals surface area contributed by atoms with Crippen molar-refractivity contribution in [2.24, 2.45) is 10.9 Å². The molecule has 2 unspecified atom stereocenters. The van der Waals surface area contributed by atoms with Crippen molar-refractivity contribution in [2.45, 2.75) is 71.0 Å². The van der Waals surface area contributed by atoms with Gasteiger partial charge in [0.15, 0.2) is 5.96 Å². The molecule has 6 nitrogen and oxygen atoms in total. The molecule has 2 atom stereocenters. The van der Waals surface area contributed by atoms with Gasteiger partial charge in [0.1, 0.15) is 5.75 Å². The van der Waals surface area contributed by atoms with E-state index in [2.05, 4.69) is 40.0 Å². The second-order valence-electron chi connectivity index (χ2n) is 7.95. The standard InChI is InChI=1S/C22H34N4O2.HI/c1-4-28-20-11-8-16(12-15(20)2)14-24-22(23-3)26-19-7-5-6-17(13-19)21(27)25-18-9-10-18;/h8,11-12,17-19H,4-7,9-10,13-14H2,1-3H3,(H,25,27)(H2,23,24,26);1H. The summed E-state index contributed by atoms with van der Waals surface area (Å²) in [6, 6.07) is 6.97. The molecule has 3 N–H and O–H groups in total. The molecule has 2 saturated carbocycles. The van der Waals surface area contributed by atoms with Crippen LogP contribution in [0.3, 0.4) is 0 Å². The highest BCUT2D eigenvalue weighted by molar-refractivity contribution is 14.0. The monoisotopic (exact) mass is 514 g/mol. The molecule has 2 aliphatic carbocycles. The van der Waals surface area contributed by atoms with E-state index in [9.17, 15) is 4.79 Å². The number of guanidine groups is 1. The quantitative estimate of drug-likeness (QED) is 0.296. The maximum atomic E-state index is 12.4. The van der Waals surface area contributed by atoms with E-state index in [0.717, 1.165) is 55.8 Å². The zero-order chi connectivity index (χ0) is 19.9. The Morgan fingerprint density at radius 2 is 1.97 bits per heavy atom. The number of nitrogens with one attached hydrogen (secondary N) is 3. The van der Waals surface area contributed by atoms with Gasteiger partial charge in [0.2, 0.25) is 5.91 Å². The highest BCUT2D eigenvalue weighted by atomic mass is 127. The van der Waals surface area contributed by atoms with Gasteiger partial charge >= 0.3 is 0 Å². The lowest BCUT2D eigenvalue weighted by atomic mass is 9.85. The summed E-state index contributed by atoms with van der Waals surface area (Å²) in [4.78, 5) is 16.7. The second-order valence-corrected chi connectivity index (χ2v) is 7.95. The minimum absolute atomic E-state index is 0. The summed E-state index contributed by atoms with van der Waals surface area (Å²) in [5, 5.41) is 10.1. The van der Waals surface area contributed by atoms with Gasteiger partial charge in [-0.3, -0.25) is 9.79 Å². The van der Waals surface area contributed by atoms with E-state index in [0.29, 0.717) is 19.2 Å². The number of rotatable bonds is 7. The van der Waals surface area contributed by atoms with E-state index < -0.39 is 0 Å². The van der Waals surface area contributed by atoms with Crippen LogP contribution in [0.5, 0.6) is 5.75 Å². The minimum Gasteiger partial charge on any atom is -0.494 e. The Morgan fingerprint density at radius 1 is 1.17 bits per heavy atom. The van der Waals surface area contributed by atoms with Crippen molar-refractivity contribution in [3.8, 4) is 5.75 Å². The van der Waals surface area contributed by atoms with Crippen LogP contribution >= 0.6 is 24.0 Å². The summed E-state index contributed by atoms with van der Waals surface area (Å²) in [7, 11) is 1.79. The Kier molecular flexibility index (Phi) is 9.52. The van der Waals surface area contributed by atoms with Crippen LogP contribution in [0.15, 0.2) is 23.2 Å². The molecule has 3 rings (SSSR count). The molecule has 0 radical (unpaired) electrons. The number of ether oxygens (including phenoxy) is 1. The van der Waals surface area contributed by atoms with Crippen molar-refractivity contribution >= 4 is 35.8 Å². The molecule has 1 amide bonds. The van der Waals surface area contributed by atoms with Gasteiger partial charge in [-0.25, -0.2) is 0 Å². The number of nitrogens with zero attached hydrogens (tertiary/aromatic N) is 1. The normalized spacial score (nSPS) is 21.7. The number of amides is 1. The Bertz CT molecular complexity index is 706. The van der Waals surface area contributed by atoms with Crippen LogP contribution in [0.4, 0.5) is 0 Å². The van der Waals surface area contributed by atoms with Crippen LogP contribution < -0.4 is 20.7 Å². The third kappa shape index (κ3) is 7.35. The van der Waals surface area contributed by atoms with E-state index in [-0.39, 0.29) is 41.8 Å². The fourth-order valence-corrected chi connectivity index (χ4v) is 3.82. The molecule has 2 aliphatic rings. The van der Waals surface area contributed by atoms with Crippen molar-refractivity contribution in [1.82, 2.24) is 16.0 Å². The van der Waals surface area contributed by atoms with Gasteiger partial charge in [0.05, 0.1) is 6.61 Å².